The quantitative estimate of drug-likeness (QED) is 0.295. The zero-order valence-electron chi connectivity index (χ0n) is 27.7. The van der Waals surface area contributed by atoms with Crippen LogP contribution in [0.2, 0.25) is 0 Å². The maximum absolute atomic E-state index is 14.2. The van der Waals surface area contributed by atoms with Crippen LogP contribution in [0.4, 0.5) is 0 Å². The smallest absolute Gasteiger partial charge is 0.258 e. The van der Waals surface area contributed by atoms with E-state index >= 15 is 0 Å². The summed E-state index contributed by atoms with van der Waals surface area (Å²) in [6.45, 7) is 2.93. The first kappa shape index (κ1) is 34.1. The molecule has 2 aromatic carbocycles. The SMILES string of the molecule is C[C@@H](O)[C@@H]1NC(=O)COc2cccc(c2)[C@H]2CN(Cc3ccncc3)C[C@@H]2NC(=O)[C@H](Cc2ccccc2)NC(=O)CN(CC2CC2)C1=O. The Balaban J connectivity index is 1.32. The molecule has 2 bridgehead atoms. The third-order valence-electron chi connectivity index (χ3n) is 9.36. The number of fused-ring (bicyclic) bond motifs is 4. The number of aromatic nitrogens is 1. The van der Waals surface area contributed by atoms with Gasteiger partial charge in [-0.2, -0.15) is 0 Å². The molecule has 5 atom stereocenters. The lowest BCUT2D eigenvalue weighted by molar-refractivity contribution is -0.143. The highest BCUT2D eigenvalue weighted by Crippen LogP contribution is 2.32. The van der Waals surface area contributed by atoms with Gasteiger partial charge in [-0.1, -0.05) is 42.5 Å². The number of nitrogens with one attached hydrogen (secondary N) is 3. The van der Waals surface area contributed by atoms with Crippen molar-refractivity contribution in [3.05, 3.63) is 95.8 Å². The maximum atomic E-state index is 14.2. The Morgan fingerprint density at radius 2 is 1.67 bits per heavy atom. The minimum absolute atomic E-state index is 0.110. The highest BCUT2D eigenvalue weighted by atomic mass is 16.5. The number of carbonyl (C=O) groups is 4. The molecule has 2 fully saturated rings. The molecule has 1 saturated heterocycles. The topological polar surface area (TPSA) is 153 Å². The molecule has 12 heteroatoms. The van der Waals surface area contributed by atoms with Gasteiger partial charge in [-0.25, -0.2) is 0 Å². The summed E-state index contributed by atoms with van der Waals surface area (Å²) in [6, 6.07) is 18.4. The molecule has 0 radical (unpaired) electrons. The fourth-order valence-corrected chi connectivity index (χ4v) is 6.63. The van der Waals surface area contributed by atoms with Crippen LogP contribution in [0.1, 0.15) is 42.4 Å². The van der Waals surface area contributed by atoms with Crippen LogP contribution < -0.4 is 20.7 Å². The van der Waals surface area contributed by atoms with E-state index in [1.807, 2.05) is 60.7 Å². The Bertz CT molecular complexity index is 1620. The average molecular weight is 669 g/mol. The molecule has 3 aromatic rings. The zero-order chi connectivity index (χ0) is 34.3. The van der Waals surface area contributed by atoms with Crippen molar-refractivity contribution in [2.24, 2.45) is 5.92 Å². The second kappa shape index (κ2) is 15.6. The Morgan fingerprint density at radius 3 is 2.41 bits per heavy atom. The van der Waals surface area contributed by atoms with Gasteiger partial charge in [0.25, 0.3) is 5.91 Å². The molecule has 0 spiro atoms. The van der Waals surface area contributed by atoms with Crippen LogP contribution in [-0.2, 0) is 32.1 Å². The first-order valence-electron chi connectivity index (χ1n) is 17.0. The van der Waals surface area contributed by atoms with E-state index in [-0.39, 0.29) is 43.4 Å². The number of aliphatic hydroxyl groups is 1. The Labute approximate surface area is 286 Å². The number of aliphatic hydroxyl groups excluding tert-OH is 1. The van der Waals surface area contributed by atoms with E-state index < -0.39 is 35.9 Å². The summed E-state index contributed by atoms with van der Waals surface area (Å²) in [5.74, 6) is -1.37. The molecule has 258 valence electrons. The van der Waals surface area contributed by atoms with Gasteiger partial charge in [0.15, 0.2) is 6.61 Å². The maximum Gasteiger partial charge on any atom is 0.258 e. The summed E-state index contributed by atoms with van der Waals surface area (Å²) in [4.78, 5) is 62.4. The monoisotopic (exact) mass is 668 g/mol. The molecule has 1 saturated carbocycles. The molecule has 49 heavy (non-hydrogen) atoms. The lowest BCUT2D eigenvalue weighted by Crippen LogP contribution is -2.58. The summed E-state index contributed by atoms with van der Waals surface area (Å²) in [5, 5.41) is 19.3. The number of hydrogen-bond donors (Lipinski definition) is 4. The molecular formula is C37H44N6O6. The number of likely N-dealkylation sites (tertiary alicyclic amines) is 1. The Kier molecular flexibility index (Phi) is 10.8. The number of nitrogens with zero attached hydrogens (tertiary/aromatic N) is 3. The van der Waals surface area contributed by atoms with Crippen LogP contribution in [0.3, 0.4) is 0 Å². The third kappa shape index (κ3) is 9.21. The molecule has 4 N–H and O–H groups in total. The molecular weight excluding hydrogens is 624 g/mol. The number of rotatable bonds is 7. The molecule has 0 unspecified atom stereocenters. The van der Waals surface area contributed by atoms with Crippen LogP contribution in [-0.4, -0.2) is 101 Å². The molecule has 3 aliphatic rings. The van der Waals surface area contributed by atoms with Gasteiger partial charge in [0, 0.05) is 57.0 Å². The van der Waals surface area contributed by atoms with Gasteiger partial charge in [0.2, 0.25) is 17.7 Å². The van der Waals surface area contributed by atoms with Crippen LogP contribution in [0.25, 0.3) is 0 Å². The average Bonchev–Trinajstić information content (AvgIpc) is 3.83. The predicted octanol–water partition coefficient (Wildman–Crippen LogP) is 1.39. The van der Waals surface area contributed by atoms with Crippen LogP contribution in [0, 0.1) is 5.92 Å². The first-order valence-corrected chi connectivity index (χ1v) is 17.0. The number of benzene rings is 2. The predicted molar refractivity (Wildman–Crippen MR) is 181 cm³/mol. The number of ether oxygens (including phenoxy) is 1. The molecule has 1 aliphatic carbocycles. The zero-order valence-corrected chi connectivity index (χ0v) is 27.7. The highest BCUT2D eigenvalue weighted by Gasteiger charge is 2.38. The van der Waals surface area contributed by atoms with Gasteiger partial charge in [-0.05, 0) is 66.6 Å². The molecule has 6 rings (SSSR count). The number of amides is 4. The van der Waals surface area contributed by atoms with E-state index in [1.165, 1.54) is 11.8 Å². The summed E-state index contributed by atoms with van der Waals surface area (Å²) in [7, 11) is 0. The second-order valence-corrected chi connectivity index (χ2v) is 13.4. The minimum Gasteiger partial charge on any atom is -0.484 e. The van der Waals surface area contributed by atoms with E-state index in [2.05, 4.69) is 25.8 Å². The van der Waals surface area contributed by atoms with Gasteiger partial charge in [-0.15, -0.1) is 0 Å². The highest BCUT2D eigenvalue weighted by molar-refractivity contribution is 5.93. The van der Waals surface area contributed by atoms with Crippen molar-refractivity contribution in [2.75, 3.05) is 32.8 Å². The van der Waals surface area contributed by atoms with Gasteiger partial charge >= 0.3 is 0 Å². The van der Waals surface area contributed by atoms with Crippen molar-refractivity contribution >= 4 is 23.6 Å². The summed E-state index contributed by atoms with van der Waals surface area (Å²) in [6.07, 6.45) is 4.39. The molecule has 12 nitrogen and oxygen atoms in total. The number of carbonyl (C=O) groups excluding carboxylic acids is 4. The molecule has 1 aromatic heterocycles. The largest absolute Gasteiger partial charge is 0.484 e. The number of hydrogen-bond acceptors (Lipinski definition) is 8. The normalized spacial score (nSPS) is 24.8. The van der Waals surface area contributed by atoms with Crippen molar-refractivity contribution < 1.29 is 29.0 Å². The van der Waals surface area contributed by atoms with E-state index in [0.29, 0.717) is 31.9 Å². The first-order chi connectivity index (χ1) is 23.7. The van der Waals surface area contributed by atoms with Crippen molar-refractivity contribution in [3.63, 3.8) is 0 Å². The molecule has 3 heterocycles. The van der Waals surface area contributed by atoms with Crippen molar-refractivity contribution in [1.29, 1.82) is 0 Å². The standard InChI is InChI=1S/C37H44N6O6/c1-24(44)35-37(48)43(19-26-10-11-26)22-33(45)39-31(16-25-6-3-2-4-7-25)36(47)40-32-21-42(18-27-12-14-38-15-13-27)20-30(32)28-8-5-9-29(17-28)49-23-34(46)41-35/h2-9,12-15,17,24,26,30-32,35,44H,10-11,16,18-23H2,1H3,(H,39,45)(H,40,47)(H,41,46)/t24-,30-,31+,32+,35+/m1/s1. The Morgan fingerprint density at radius 1 is 0.898 bits per heavy atom. The minimum atomic E-state index is -1.28. The van der Waals surface area contributed by atoms with Gasteiger partial charge < -0.3 is 30.7 Å². The fourth-order valence-electron chi connectivity index (χ4n) is 6.63. The lowest BCUT2D eigenvalue weighted by Gasteiger charge is -2.30. The van der Waals surface area contributed by atoms with E-state index in [9.17, 15) is 24.3 Å². The van der Waals surface area contributed by atoms with Gasteiger partial charge in [-0.3, -0.25) is 29.1 Å². The van der Waals surface area contributed by atoms with E-state index in [1.54, 1.807) is 18.5 Å². The lowest BCUT2D eigenvalue weighted by atomic mass is 9.93. The van der Waals surface area contributed by atoms with Crippen molar-refractivity contribution in [2.45, 2.75) is 62.9 Å². The number of pyridine rings is 1. The van der Waals surface area contributed by atoms with E-state index in [4.69, 9.17) is 4.74 Å². The fraction of sp³-hybridized carbons (Fsp3) is 0.432. The summed E-state index contributed by atoms with van der Waals surface area (Å²) >= 11 is 0. The van der Waals surface area contributed by atoms with E-state index in [0.717, 1.165) is 29.5 Å². The molecule has 2 aliphatic heterocycles. The Hall–Kier alpha value is -4.81. The van der Waals surface area contributed by atoms with Gasteiger partial charge in [0.05, 0.1) is 12.6 Å². The van der Waals surface area contributed by atoms with Crippen LogP contribution in [0.15, 0.2) is 79.1 Å². The van der Waals surface area contributed by atoms with Crippen LogP contribution in [0.5, 0.6) is 5.75 Å². The van der Waals surface area contributed by atoms with Crippen molar-refractivity contribution in [1.82, 2.24) is 30.7 Å². The van der Waals surface area contributed by atoms with Crippen LogP contribution >= 0.6 is 0 Å². The second-order valence-electron chi connectivity index (χ2n) is 13.4. The van der Waals surface area contributed by atoms with Gasteiger partial charge in [0.1, 0.15) is 17.8 Å². The summed E-state index contributed by atoms with van der Waals surface area (Å²) < 4.78 is 5.87. The third-order valence-corrected chi connectivity index (χ3v) is 9.36. The molecule has 4 amide bonds. The summed E-state index contributed by atoms with van der Waals surface area (Å²) in [5.41, 5.74) is 2.90. The van der Waals surface area contributed by atoms with Crippen molar-refractivity contribution in [3.8, 4) is 5.75 Å².